The Kier molecular flexibility index (Phi) is 5.73. The van der Waals surface area contributed by atoms with E-state index in [1.165, 1.54) is 29.2 Å². The molecule has 0 spiro atoms. The summed E-state index contributed by atoms with van der Waals surface area (Å²) >= 11 is 0. The third-order valence-corrected chi connectivity index (χ3v) is 4.80. The molecule has 1 saturated heterocycles. The Bertz CT molecular complexity index is 870. The number of anilines is 1. The number of hydrogen-bond donors (Lipinski definition) is 0. The molecule has 1 aliphatic rings. The SMILES string of the molecule is CCN(Cc1ccccc1)C(=O)CN1C(=O)C(C)N(c2ccc(F)cc2)C1=O. The zero-order valence-electron chi connectivity index (χ0n) is 15.8. The second-order valence-corrected chi connectivity index (χ2v) is 6.62. The maximum absolute atomic E-state index is 13.2. The minimum atomic E-state index is -0.755. The van der Waals surface area contributed by atoms with Crippen LogP contribution in [0.4, 0.5) is 14.9 Å². The van der Waals surface area contributed by atoms with Gasteiger partial charge in [0.25, 0.3) is 5.91 Å². The maximum atomic E-state index is 13.2. The van der Waals surface area contributed by atoms with Crippen LogP contribution in [0.1, 0.15) is 19.4 Å². The van der Waals surface area contributed by atoms with E-state index in [2.05, 4.69) is 0 Å². The topological polar surface area (TPSA) is 60.9 Å². The second-order valence-electron chi connectivity index (χ2n) is 6.62. The first-order valence-corrected chi connectivity index (χ1v) is 9.14. The van der Waals surface area contributed by atoms with Crippen molar-refractivity contribution < 1.29 is 18.8 Å². The molecule has 1 heterocycles. The van der Waals surface area contributed by atoms with Crippen LogP contribution in [-0.2, 0) is 16.1 Å². The number of urea groups is 1. The summed E-state index contributed by atoms with van der Waals surface area (Å²) in [4.78, 5) is 41.9. The molecule has 28 heavy (non-hydrogen) atoms. The quantitative estimate of drug-likeness (QED) is 0.721. The molecule has 0 N–H and O–H groups in total. The summed E-state index contributed by atoms with van der Waals surface area (Å²) in [5.74, 6) is -1.18. The van der Waals surface area contributed by atoms with E-state index in [0.29, 0.717) is 18.8 Å². The fraction of sp³-hybridized carbons (Fsp3) is 0.286. The molecule has 7 heteroatoms. The molecule has 0 aromatic heterocycles. The zero-order valence-corrected chi connectivity index (χ0v) is 15.8. The first-order chi connectivity index (χ1) is 13.4. The van der Waals surface area contributed by atoms with Gasteiger partial charge in [0, 0.05) is 18.8 Å². The van der Waals surface area contributed by atoms with E-state index in [1.807, 2.05) is 37.3 Å². The van der Waals surface area contributed by atoms with Gasteiger partial charge in [0.15, 0.2) is 0 Å². The number of halogens is 1. The molecule has 2 aromatic rings. The molecule has 0 radical (unpaired) electrons. The lowest BCUT2D eigenvalue weighted by Gasteiger charge is -2.24. The van der Waals surface area contributed by atoms with Crippen LogP contribution in [0.25, 0.3) is 0 Å². The van der Waals surface area contributed by atoms with E-state index in [-0.39, 0.29) is 12.5 Å². The lowest BCUT2D eigenvalue weighted by atomic mass is 10.2. The largest absolute Gasteiger partial charge is 0.337 e. The minimum absolute atomic E-state index is 0.304. The molecule has 2 aromatic carbocycles. The Morgan fingerprint density at radius 1 is 1.07 bits per heavy atom. The molecule has 0 saturated carbocycles. The summed E-state index contributed by atoms with van der Waals surface area (Å²) in [5, 5.41) is 0. The molecular formula is C21H22FN3O3. The van der Waals surface area contributed by atoms with Crippen LogP contribution >= 0.6 is 0 Å². The van der Waals surface area contributed by atoms with E-state index in [4.69, 9.17) is 0 Å². The first kappa shape index (κ1) is 19.5. The third kappa shape index (κ3) is 3.88. The van der Waals surface area contributed by atoms with Crippen LogP contribution in [0.3, 0.4) is 0 Å². The molecular weight excluding hydrogens is 361 g/mol. The highest BCUT2D eigenvalue weighted by atomic mass is 19.1. The predicted molar refractivity (Wildman–Crippen MR) is 103 cm³/mol. The van der Waals surface area contributed by atoms with Gasteiger partial charge in [-0.25, -0.2) is 9.18 Å². The normalized spacial score (nSPS) is 16.6. The fourth-order valence-electron chi connectivity index (χ4n) is 3.22. The number of hydrogen-bond acceptors (Lipinski definition) is 3. The van der Waals surface area contributed by atoms with Gasteiger partial charge in [-0.2, -0.15) is 0 Å². The van der Waals surface area contributed by atoms with Gasteiger partial charge in [-0.15, -0.1) is 0 Å². The number of likely N-dealkylation sites (N-methyl/N-ethyl adjacent to an activating group) is 1. The number of imide groups is 1. The Morgan fingerprint density at radius 3 is 2.32 bits per heavy atom. The monoisotopic (exact) mass is 383 g/mol. The van der Waals surface area contributed by atoms with Crippen LogP contribution in [0.15, 0.2) is 54.6 Å². The maximum Gasteiger partial charge on any atom is 0.332 e. The van der Waals surface area contributed by atoms with E-state index in [1.54, 1.807) is 11.8 Å². The number of carbonyl (C=O) groups excluding carboxylic acids is 3. The fourth-order valence-corrected chi connectivity index (χ4v) is 3.22. The van der Waals surface area contributed by atoms with E-state index < -0.39 is 23.8 Å². The molecule has 3 rings (SSSR count). The lowest BCUT2D eigenvalue weighted by molar-refractivity contribution is -0.137. The lowest BCUT2D eigenvalue weighted by Crippen LogP contribution is -2.43. The summed E-state index contributed by atoms with van der Waals surface area (Å²) in [7, 11) is 0. The van der Waals surface area contributed by atoms with Gasteiger partial charge in [0.05, 0.1) is 0 Å². The number of nitrogens with zero attached hydrogens (tertiary/aromatic N) is 3. The highest BCUT2D eigenvalue weighted by Crippen LogP contribution is 2.26. The van der Waals surface area contributed by atoms with Crippen LogP contribution in [0.2, 0.25) is 0 Å². The van der Waals surface area contributed by atoms with Gasteiger partial charge in [-0.3, -0.25) is 19.4 Å². The van der Waals surface area contributed by atoms with Crippen molar-refractivity contribution in [2.24, 2.45) is 0 Å². The van der Waals surface area contributed by atoms with Gasteiger partial charge in [0.2, 0.25) is 5.91 Å². The number of rotatable bonds is 6. The number of benzene rings is 2. The predicted octanol–water partition coefficient (Wildman–Crippen LogP) is 3.03. The molecule has 4 amide bonds. The molecule has 0 aliphatic carbocycles. The van der Waals surface area contributed by atoms with Crippen molar-refractivity contribution >= 4 is 23.5 Å². The van der Waals surface area contributed by atoms with Gasteiger partial charge in [-0.1, -0.05) is 30.3 Å². The Labute approximate surface area is 163 Å². The van der Waals surface area contributed by atoms with Gasteiger partial charge in [0.1, 0.15) is 18.4 Å². The first-order valence-electron chi connectivity index (χ1n) is 9.14. The van der Waals surface area contributed by atoms with Crippen LogP contribution < -0.4 is 4.90 Å². The standard InChI is InChI=1S/C21H22FN3O3/c1-3-23(13-16-7-5-4-6-8-16)19(26)14-24-20(27)15(2)25(21(24)28)18-11-9-17(22)10-12-18/h4-12,15H,3,13-14H2,1-2H3. The van der Waals surface area contributed by atoms with Crippen molar-refractivity contribution in [1.82, 2.24) is 9.80 Å². The van der Waals surface area contributed by atoms with Gasteiger partial charge in [-0.05, 0) is 43.7 Å². The molecule has 1 aliphatic heterocycles. The summed E-state index contributed by atoms with van der Waals surface area (Å²) < 4.78 is 13.2. The van der Waals surface area contributed by atoms with Crippen LogP contribution in [0, 0.1) is 5.82 Å². The number of carbonyl (C=O) groups is 3. The van der Waals surface area contributed by atoms with Crippen molar-refractivity contribution in [3.8, 4) is 0 Å². The second kappa shape index (κ2) is 8.21. The van der Waals surface area contributed by atoms with E-state index >= 15 is 0 Å². The van der Waals surface area contributed by atoms with Crippen molar-refractivity contribution in [2.75, 3.05) is 18.0 Å². The molecule has 1 fully saturated rings. The van der Waals surface area contributed by atoms with Crippen LogP contribution in [-0.4, -0.2) is 46.8 Å². The third-order valence-electron chi connectivity index (χ3n) is 4.80. The average Bonchev–Trinajstić information content (AvgIpc) is 2.91. The summed E-state index contributed by atoms with van der Waals surface area (Å²) in [6.07, 6.45) is 0. The molecule has 6 nitrogen and oxygen atoms in total. The Morgan fingerprint density at radius 2 is 1.71 bits per heavy atom. The van der Waals surface area contributed by atoms with E-state index in [9.17, 15) is 18.8 Å². The summed E-state index contributed by atoms with van der Waals surface area (Å²) in [6.45, 7) is 3.99. The summed E-state index contributed by atoms with van der Waals surface area (Å²) in [6, 6.07) is 13.5. The molecule has 0 bridgehead atoms. The highest BCUT2D eigenvalue weighted by molar-refractivity contribution is 6.15. The van der Waals surface area contributed by atoms with Crippen molar-refractivity contribution in [3.63, 3.8) is 0 Å². The van der Waals surface area contributed by atoms with Crippen LogP contribution in [0.5, 0.6) is 0 Å². The van der Waals surface area contributed by atoms with Gasteiger partial charge < -0.3 is 4.90 Å². The van der Waals surface area contributed by atoms with Crippen molar-refractivity contribution in [1.29, 1.82) is 0 Å². The highest BCUT2D eigenvalue weighted by Gasteiger charge is 2.44. The minimum Gasteiger partial charge on any atom is -0.337 e. The summed E-state index contributed by atoms with van der Waals surface area (Å²) in [5.41, 5.74) is 1.39. The average molecular weight is 383 g/mol. The molecule has 1 unspecified atom stereocenters. The Hall–Kier alpha value is -3.22. The molecule has 146 valence electrons. The van der Waals surface area contributed by atoms with E-state index in [0.717, 1.165) is 10.5 Å². The molecule has 1 atom stereocenters. The zero-order chi connectivity index (χ0) is 20.3. The smallest absolute Gasteiger partial charge is 0.332 e. The number of amides is 4. The van der Waals surface area contributed by atoms with Crippen molar-refractivity contribution in [3.05, 3.63) is 66.0 Å². The van der Waals surface area contributed by atoms with Gasteiger partial charge >= 0.3 is 6.03 Å². The Balaban J connectivity index is 1.73. The van der Waals surface area contributed by atoms with Crippen molar-refractivity contribution in [2.45, 2.75) is 26.4 Å².